The third kappa shape index (κ3) is 3.15. The minimum Gasteiger partial charge on any atom is -0.213 e. The molecule has 2 rings (SSSR count). The Bertz CT molecular complexity index is 376. The molecule has 2 fully saturated rings. The minimum atomic E-state index is -3.01. The van der Waals surface area contributed by atoms with Crippen molar-refractivity contribution in [3.05, 3.63) is 0 Å². The summed E-state index contributed by atoms with van der Waals surface area (Å²) in [5, 5.41) is 0.219. The molecule has 2 unspecified atom stereocenters. The fourth-order valence-corrected chi connectivity index (χ4v) is 4.24. The Hall–Kier alpha value is 0.200. The van der Waals surface area contributed by atoms with Crippen molar-refractivity contribution in [3.8, 4) is 0 Å². The van der Waals surface area contributed by atoms with Crippen molar-refractivity contribution in [3.63, 3.8) is 0 Å². The molecule has 100 valence electrons. The molecular formula is C12H22ClNO2S. The Morgan fingerprint density at radius 2 is 2.12 bits per heavy atom. The molecule has 2 aliphatic rings. The second-order valence-electron chi connectivity index (χ2n) is 5.81. The molecule has 0 aromatic heterocycles. The first kappa shape index (κ1) is 13.6. The highest BCUT2D eigenvalue weighted by molar-refractivity contribution is 7.88. The van der Waals surface area contributed by atoms with Gasteiger partial charge < -0.3 is 0 Å². The van der Waals surface area contributed by atoms with Crippen LogP contribution in [0.4, 0.5) is 0 Å². The van der Waals surface area contributed by atoms with Crippen LogP contribution in [-0.4, -0.2) is 37.4 Å². The van der Waals surface area contributed by atoms with Gasteiger partial charge in [0.25, 0.3) is 0 Å². The van der Waals surface area contributed by atoms with E-state index in [4.69, 9.17) is 11.6 Å². The molecule has 0 bridgehead atoms. The molecule has 1 aliphatic heterocycles. The van der Waals surface area contributed by atoms with Gasteiger partial charge in [-0.25, -0.2) is 12.7 Å². The molecule has 17 heavy (non-hydrogen) atoms. The van der Waals surface area contributed by atoms with Crippen LogP contribution < -0.4 is 0 Å². The monoisotopic (exact) mass is 279 g/mol. The first-order valence-electron chi connectivity index (χ1n) is 6.43. The van der Waals surface area contributed by atoms with Crippen LogP contribution in [0.3, 0.4) is 0 Å². The van der Waals surface area contributed by atoms with Crippen LogP contribution in [0.5, 0.6) is 0 Å². The molecule has 0 spiro atoms. The molecule has 0 N–H and O–H groups in total. The summed E-state index contributed by atoms with van der Waals surface area (Å²) in [4.78, 5) is 0. The molecule has 1 aliphatic carbocycles. The summed E-state index contributed by atoms with van der Waals surface area (Å²) in [5.41, 5.74) is 0.312. The topological polar surface area (TPSA) is 37.4 Å². The first-order valence-corrected chi connectivity index (χ1v) is 8.71. The summed E-state index contributed by atoms with van der Waals surface area (Å²) in [5.74, 6) is 0.502. The second-order valence-corrected chi connectivity index (χ2v) is 8.45. The van der Waals surface area contributed by atoms with Gasteiger partial charge in [0.15, 0.2) is 0 Å². The maximum Gasteiger partial charge on any atom is 0.211 e. The zero-order chi connectivity index (χ0) is 12.7. The molecular weight excluding hydrogens is 258 g/mol. The van der Waals surface area contributed by atoms with Crippen molar-refractivity contribution < 1.29 is 8.42 Å². The molecule has 0 aromatic rings. The quantitative estimate of drug-likeness (QED) is 0.742. The highest BCUT2D eigenvalue weighted by Gasteiger charge is 2.48. The van der Waals surface area contributed by atoms with Crippen molar-refractivity contribution in [2.75, 3.05) is 19.3 Å². The van der Waals surface area contributed by atoms with E-state index >= 15 is 0 Å². The number of rotatable bonds is 4. The van der Waals surface area contributed by atoms with E-state index in [1.165, 1.54) is 19.1 Å². The zero-order valence-electron chi connectivity index (χ0n) is 10.7. The lowest BCUT2D eigenvalue weighted by molar-refractivity contribution is 0.221. The predicted octanol–water partition coefficient (Wildman–Crippen LogP) is 2.46. The Balaban J connectivity index is 1.95. The third-order valence-corrected chi connectivity index (χ3v) is 6.11. The first-order chi connectivity index (χ1) is 7.83. The number of hydrogen-bond acceptors (Lipinski definition) is 2. The summed E-state index contributed by atoms with van der Waals surface area (Å²) in [6.07, 6.45) is 6.98. The lowest BCUT2D eigenvalue weighted by atomic mass is 9.85. The van der Waals surface area contributed by atoms with E-state index in [0.29, 0.717) is 24.4 Å². The van der Waals surface area contributed by atoms with Crippen LogP contribution in [0.25, 0.3) is 0 Å². The van der Waals surface area contributed by atoms with E-state index < -0.39 is 10.0 Å². The Morgan fingerprint density at radius 1 is 1.47 bits per heavy atom. The highest BCUT2D eigenvalue weighted by Crippen LogP contribution is 2.56. The molecule has 0 aromatic carbocycles. The normalized spacial score (nSPS) is 31.1. The lowest BCUT2D eigenvalue weighted by Gasteiger charge is -2.33. The van der Waals surface area contributed by atoms with Crippen LogP contribution in [0.15, 0.2) is 0 Å². The zero-order valence-corrected chi connectivity index (χ0v) is 12.2. The standard InChI is InChI=1S/C12H22ClNO2S/c1-10(13)12(5-6-12)8-11-4-3-7-14(9-11)17(2,15)16/h10-11H,3-9H2,1-2H3. The van der Waals surface area contributed by atoms with Gasteiger partial charge in [-0.15, -0.1) is 11.6 Å². The van der Waals surface area contributed by atoms with Crippen molar-refractivity contribution in [1.29, 1.82) is 0 Å². The number of alkyl halides is 1. The number of piperidine rings is 1. The number of nitrogens with zero attached hydrogens (tertiary/aromatic N) is 1. The molecule has 0 amide bonds. The number of hydrogen-bond donors (Lipinski definition) is 0. The van der Waals surface area contributed by atoms with Gasteiger partial charge in [0, 0.05) is 18.5 Å². The van der Waals surface area contributed by atoms with Gasteiger partial charge in [-0.3, -0.25) is 0 Å². The second kappa shape index (κ2) is 4.71. The average Bonchev–Trinajstić information content (AvgIpc) is 2.98. The van der Waals surface area contributed by atoms with Crippen LogP contribution in [0, 0.1) is 11.3 Å². The van der Waals surface area contributed by atoms with Gasteiger partial charge in [-0.2, -0.15) is 0 Å². The van der Waals surface area contributed by atoms with Crippen molar-refractivity contribution in [2.24, 2.45) is 11.3 Å². The van der Waals surface area contributed by atoms with E-state index in [2.05, 4.69) is 6.92 Å². The molecule has 1 saturated carbocycles. The summed E-state index contributed by atoms with van der Waals surface area (Å²) in [6, 6.07) is 0. The molecule has 1 heterocycles. The SMILES string of the molecule is CC(Cl)C1(CC2CCCN(S(C)(=O)=O)C2)CC1. The fourth-order valence-electron chi connectivity index (χ4n) is 2.99. The third-order valence-electron chi connectivity index (χ3n) is 4.38. The van der Waals surface area contributed by atoms with Crippen LogP contribution in [0.2, 0.25) is 0 Å². The van der Waals surface area contributed by atoms with E-state index in [-0.39, 0.29) is 5.38 Å². The van der Waals surface area contributed by atoms with E-state index in [1.54, 1.807) is 4.31 Å². The van der Waals surface area contributed by atoms with Crippen LogP contribution in [-0.2, 0) is 10.0 Å². The summed E-state index contributed by atoms with van der Waals surface area (Å²) >= 11 is 6.25. The minimum absolute atomic E-state index is 0.219. The highest BCUT2D eigenvalue weighted by atomic mass is 35.5. The lowest BCUT2D eigenvalue weighted by Crippen LogP contribution is -2.40. The smallest absolute Gasteiger partial charge is 0.211 e. The summed E-state index contributed by atoms with van der Waals surface area (Å²) in [6.45, 7) is 3.47. The summed E-state index contributed by atoms with van der Waals surface area (Å²) < 4.78 is 24.7. The average molecular weight is 280 g/mol. The van der Waals surface area contributed by atoms with E-state index in [1.807, 2.05) is 0 Å². The largest absolute Gasteiger partial charge is 0.213 e. The van der Waals surface area contributed by atoms with Crippen molar-refractivity contribution >= 4 is 21.6 Å². The Morgan fingerprint density at radius 3 is 2.59 bits per heavy atom. The van der Waals surface area contributed by atoms with Gasteiger partial charge in [0.1, 0.15) is 0 Å². The van der Waals surface area contributed by atoms with E-state index in [9.17, 15) is 8.42 Å². The molecule has 0 radical (unpaired) electrons. The van der Waals surface area contributed by atoms with Crippen molar-refractivity contribution in [1.82, 2.24) is 4.31 Å². The fraction of sp³-hybridized carbons (Fsp3) is 1.00. The molecule has 3 nitrogen and oxygen atoms in total. The molecule has 5 heteroatoms. The van der Waals surface area contributed by atoms with Gasteiger partial charge in [0.2, 0.25) is 10.0 Å². The molecule has 1 saturated heterocycles. The number of sulfonamides is 1. The molecule has 2 atom stereocenters. The van der Waals surface area contributed by atoms with Crippen LogP contribution >= 0.6 is 11.6 Å². The van der Waals surface area contributed by atoms with Gasteiger partial charge in [0.05, 0.1) is 6.26 Å². The predicted molar refractivity (Wildman–Crippen MR) is 70.7 cm³/mol. The maximum atomic E-state index is 11.5. The van der Waals surface area contributed by atoms with Crippen molar-refractivity contribution in [2.45, 2.75) is 44.4 Å². The van der Waals surface area contributed by atoms with E-state index in [0.717, 1.165) is 19.3 Å². The maximum absolute atomic E-state index is 11.5. The van der Waals surface area contributed by atoms with Crippen LogP contribution in [0.1, 0.15) is 39.0 Å². The van der Waals surface area contributed by atoms with Gasteiger partial charge >= 0.3 is 0 Å². The van der Waals surface area contributed by atoms with Gasteiger partial charge in [-0.05, 0) is 50.4 Å². The number of halogens is 1. The Kier molecular flexibility index (Phi) is 3.77. The summed E-state index contributed by atoms with van der Waals surface area (Å²) in [7, 11) is -3.01. The van der Waals surface area contributed by atoms with Gasteiger partial charge in [-0.1, -0.05) is 0 Å². The Labute approximate surface area is 110 Å².